The fourth-order valence-electron chi connectivity index (χ4n) is 2.45. The standard InChI is InChI=1S/C18H15ClF3N5S/c1-11-5-6-14(19)8-15(11)24-17(28)25-16-23-10-27(26-16)9-12-3-2-4-13(7-12)18(20,21)22/h2-8,10H,9H2,1H3,(H2,24,25,26,28). The highest BCUT2D eigenvalue weighted by atomic mass is 35.5. The second-order valence-electron chi connectivity index (χ2n) is 6.00. The largest absolute Gasteiger partial charge is 0.416 e. The first kappa shape index (κ1) is 20.1. The van der Waals surface area contributed by atoms with Gasteiger partial charge in [-0.2, -0.15) is 13.2 Å². The number of anilines is 2. The molecule has 0 fully saturated rings. The van der Waals surface area contributed by atoms with Crippen molar-refractivity contribution in [2.45, 2.75) is 19.6 Å². The lowest BCUT2D eigenvalue weighted by atomic mass is 10.1. The Morgan fingerprint density at radius 3 is 2.71 bits per heavy atom. The van der Waals surface area contributed by atoms with Crippen molar-refractivity contribution in [3.8, 4) is 0 Å². The van der Waals surface area contributed by atoms with Crippen LogP contribution in [0.5, 0.6) is 0 Å². The summed E-state index contributed by atoms with van der Waals surface area (Å²) in [5.74, 6) is 0.226. The Labute approximate surface area is 169 Å². The third-order valence-corrected chi connectivity index (χ3v) is 4.25. The molecule has 5 nitrogen and oxygen atoms in total. The van der Waals surface area contributed by atoms with E-state index >= 15 is 0 Å². The van der Waals surface area contributed by atoms with E-state index in [1.54, 1.807) is 18.2 Å². The molecule has 1 heterocycles. The molecule has 0 spiro atoms. The van der Waals surface area contributed by atoms with Gasteiger partial charge in [-0.05, 0) is 54.5 Å². The van der Waals surface area contributed by atoms with Gasteiger partial charge in [0.05, 0.1) is 12.1 Å². The van der Waals surface area contributed by atoms with Crippen molar-refractivity contribution in [1.29, 1.82) is 0 Å². The minimum Gasteiger partial charge on any atom is -0.332 e. The Bertz CT molecular complexity index is 1000. The van der Waals surface area contributed by atoms with Crippen molar-refractivity contribution >= 4 is 40.6 Å². The zero-order chi connectivity index (χ0) is 20.3. The van der Waals surface area contributed by atoms with Crippen LogP contribution in [0.25, 0.3) is 0 Å². The summed E-state index contributed by atoms with van der Waals surface area (Å²) in [7, 11) is 0. The van der Waals surface area contributed by atoms with Gasteiger partial charge in [0.15, 0.2) is 5.11 Å². The van der Waals surface area contributed by atoms with Crippen molar-refractivity contribution in [3.63, 3.8) is 0 Å². The summed E-state index contributed by atoms with van der Waals surface area (Å²) in [6.45, 7) is 2.05. The smallest absolute Gasteiger partial charge is 0.332 e. The Hall–Kier alpha value is -2.65. The average molecular weight is 426 g/mol. The number of rotatable bonds is 4. The fourth-order valence-corrected chi connectivity index (χ4v) is 2.82. The molecule has 28 heavy (non-hydrogen) atoms. The predicted molar refractivity (Wildman–Crippen MR) is 107 cm³/mol. The van der Waals surface area contributed by atoms with Crippen LogP contribution in [-0.2, 0) is 12.7 Å². The molecule has 2 aromatic carbocycles. The minimum absolute atomic E-state index is 0.145. The zero-order valence-electron chi connectivity index (χ0n) is 14.6. The number of hydrogen-bond acceptors (Lipinski definition) is 3. The lowest BCUT2D eigenvalue weighted by Gasteiger charge is -2.11. The quantitative estimate of drug-likeness (QED) is 0.568. The van der Waals surface area contributed by atoms with E-state index in [1.807, 2.05) is 13.0 Å². The van der Waals surface area contributed by atoms with Crippen molar-refractivity contribution in [2.75, 3.05) is 10.6 Å². The Morgan fingerprint density at radius 1 is 1.18 bits per heavy atom. The summed E-state index contributed by atoms with van der Waals surface area (Å²) in [5.41, 5.74) is 1.46. The van der Waals surface area contributed by atoms with Crippen LogP contribution in [0.1, 0.15) is 16.7 Å². The van der Waals surface area contributed by atoms with Crippen LogP contribution in [0.4, 0.5) is 24.8 Å². The van der Waals surface area contributed by atoms with Gasteiger partial charge in [0, 0.05) is 10.7 Å². The van der Waals surface area contributed by atoms with Crippen LogP contribution >= 0.6 is 23.8 Å². The van der Waals surface area contributed by atoms with E-state index < -0.39 is 11.7 Å². The molecule has 0 atom stereocenters. The zero-order valence-corrected chi connectivity index (χ0v) is 16.2. The van der Waals surface area contributed by atoms with Crippen LogP contribution in [-0.4, -0.2) is 19.9 Å². The highest BCUT2D eigenvalue weighted by Gasteiger charge is 2.30. The van der Waals surface area contributed by atoms with E-state index in [0.29, 0.717) is 10.6 Å². The molecule has 0 aliphatic heterocycles. The molecule has 0 saturated carbocycles. The molecule has 146 valence electrons. The van der Waals surface area contributed by atoms with Gasteiger partial charge in [-0.25, -0.2) is 9.67 Å². The van der Waals surface area contributed by atoms with Crippen LogP contribution in [0.2, 0.25) is 5.02 Å². The molecule has 0 unspecified atom stereocenters. The predicted octanol–water partition coefficient (Wildman–Crippen LogP) is 5.12. The van der Waals surface area contributed by atoms with Crippen LogP contribution < -0.4 is 10.6 Å². The van der Waals surface area contributed by atoms with E-state index in [-0.39, 0.29) is 17.6 Å². The Morgan fingerprint density at radius 2 is 1.96 bits per heavy atom. The van der Waals surface area contributed by atoms with Crippen molar-refractivity contribution in [3.05, 3.63) is 70.5 Å². The SMILES string of the molecule is Cc1ccc(Cl)cc1NC(=S)Nc1ncn(Cc2cccc(C(F)(F)F)c2)n1. The van der Waals surface area contributed by atoms with Crippen LogP contribution in [0, 0.1) is 6.92 Å². The highest BCUT2D eigenvalue weighted by molar-refractivity contribution is 7.80. The normalized spacial score (nSPS) is 11.3. The Kier molecular flexibility index (Phi) is 5.85. The monoisotopic (exact) mass is 425 g/mol. The van der Waals surface area contributed by atoms with E-state index in [1.165, 1.54) is 17.1 Å². The van der Waals surface area contributed by atoms with Gasteiger partial charge >= 0.3 is 6.18 Å². The molecule has 0 aliphatic carbocycles. The molecule has 0 aliphatic rings. The summed E-state index contributed by atoms with van der Waals surface area (Å²) in [6.07, 6.45) is -2.97. The first-order valence-corrected chi connectivity index (χ1v) is 8.89. The van der Waals surface area contributed by atoms with E-state index in [4.69, 9.17) is 23.8 Å². The number of aryl methyl sites for hydroxylation is 1. The third kappa shape index (κ3) is 5.20. The molecule has 2 N–H and O–H groups in total. The van der Waals surface area contributed by atoms with Gasteiger partial charge < -0.3 is 5.32 Å². The van der Waals surface area contributed by atoms with Crippen LogP contribution in [0.3, 0.4) is 0 Å². The lowest BCUT2D eigenvalue weighted by molar-refractivity contribution is -0.137. The molecular weight excluding hydrogens is 411 g/mol. The molecule has 0 bridgehead atoms. The Balaban J connectivity index is 1.64. The van der Waals surface area contributed by atoms with Crippen molar-refractivity contribution < 1.29 is 13.2 Å². The van der Waals surface area contributed by atoms with Gasteiger partial charge in [-0.1, -0.05) is 29.8 Å². The summed E-state index contributed by atoms with van der Waals surface area (Å²) >= 11 is 11.2. The minimum atomic E-state index is -4.39. The second kappa shape index (κ2) is 8.15. The molecule has 3 rings (SSSR count). The summed E-state index contributed by atoms with van der Waals surface area (Å²) < 4.78 is 39.9. The molecule has 1 aromatic heterocycles. The highest BCUT2D eigenvalue weighted by Crippen LogP contribution is 2.29. The number of nitrogens with zero attached hydrogens (tertiary/aromatic N) is 3. The lowest BCUT2D eigenvalue weighted by Crippen LogP contribution is -2.20. The van der Waals surface area contributed by atoms with Gasteiger partial charge in [0.25, 0.3) is 0 Å². The molecule has 0 radical (unpaired) electrons. The number of benzene rings is 2. The number of nitrogens with one attached hydrogen (secondary N) is 2. The summed E-state index contributed by atoms with van der Waals surface area (Å²) in [6, 6.07) is 10.4. The molecule has 0 saturated heterocycles. The number of thiocarbonyl (C=S) groups is 1. The number of alkyl halides is 3. The fraction of sp³-hybridized carbons (Fsp3) is 0.167. The molecule has 3 aromatic rings. The second-order valence-corrected chi connectivity index (χ2v) is 6.85. The van der Waals surface area contributed by atoms with E-state index in [9.17, 15) is 13.2 Å². The third-order valence-electron chi connectivity index (χ3n) is 3.81. The van der Waals surface area contributed by atoms with Crippen molar-refractivity contribution in [2.24, 2.45) is 0 Å². The van der Waals surface area contributed by atoms with Gasteiger partial charge in [-0.3, -0.25) is 5.32 Å². The van der Waals surface area contributed by atoms with Crippen molar-refractivity contribution in [1.82, 2.24) is 14.8 Å². The molecule has 10 heteroatoms. The first-order chi connectivity index (χ1) is 13.2. The number of halogens is 4. The summed E-state index contributed by atoms with van der Waals surface area (Å²) in [4.78, 5) is 4.07. The first-order valence-electron chi connectivity index (χ1n) is 8.10. The maximum Gasteiger partial charge on any atom is 0.416 e. The number of hydrogen-bond donors (Lipinski definition) is 2. The van der Waals surface area contributed by atoms with Crippen LogP contribution in [0.15, 0.2) is 48.8 Å². The maximum atomic E-state index is 12.8. The summed E-state index contributed by atoms with van der Waals surface area (Å²) in [5, 5.41) is 10.9. The maximum absolute atomic E-state index is 12.8. The van der Waals surface area contributed by atoms with Gasteiger partial charge in [0.1, 0.15) is 6.33 Å². The van der Waals surface area contributed by atoms with Gasteiger partial charge in [0.2, 0.25) is 5.95 Å². The van der Waals surface area contributed by atoms with Gasteiger partial charge in [-0.15, -0.1) is 5.10 Å². The molecular formula is C18H15ClF3N5S. The van der Waals surface area contributed by atoms with E-state index in [0.717, 1.165) is 23.4 Å². The number of aromatic nitrogens is 3. The topological polar surface area (TPSA) is 54.8 Å². The average Bonchev–Trinajstić information content (AvgIpc) is 3.04. The van der Waals surface area contributed by atoms with E-state index in [2.05, 4.69) is 20.7 Å². The molecule has 0 amide bonds.